The fourth-order valence-electron chi connectivity index (χ4n) is 1.95. The topological polar surface area (TPSA) is 33.4 Å². The van der Waals surface area contributed by atoms with Crippen LogP contribution in [0.25, 0.3) is 0 Å². The molecule has 0 aliphatic rings. The van der Waals surface area contributed by atoms with E-state index in [2.05, 4.69) is 15.9 Å². The highest BCUT2D eigenvalue weighted by Gasteiger charge is 2.16. The van der Waals surface area contributed by atoms with E-state index in [-0.39, 0.29) is 5.82 Å². The number of benzene rings is 1. The molecule has 0 saturated carbocycles. The van der Waals surface area contributed by atoms with E-state index in [1.165, 1.54) is 12.1 Å². The molecular formula is C14H14BrFO2. The van der Waals surface area contributed by atoms with Crippen LogP contribution >= 0.6 is 15.9 Å². The van der Waals surface area contributed by atoms with Crippen molar-refractivity contribution in [3.8, 4) is 0 Å². The van der Waals surface area contributed by atoms with Crippen molar-refractivity contribution in [2.75, 3.05) is 0 Å². The third-order valence-corrected chi connectivity index (χ3v) is 3.65. The van der Waals surface area contributed by atoms with Gasteiger partial charge in [0.1, 0.15) is 11.6 Å². The van der Waals surface area contributed by atoms with Crippen LogP contribution in [0.15, 0.2) is 39.4 Å². The normalized spacial score (nSPS) is 12.7. The van der Waals surface area contributed by atoms with Crippen molar-refractivity contribution in [2.24, 2.45) is 0 Å². The van der Waals surface area contributed by atoms with Crippen LogP contribution in [-0.4, -0.2) is 5.11 Å². The minimum Gasteiger partial charge on any atom is -0.469 e. The number of rotatable bonds is 4. The fraction of sp³-hybridized carbons (Fsp3) is 0.286. The van der Waals surface area contributed by atoms with E-state index in [1.807, 2.05) is 6.92 Å². The molecule has 0 bridgehead atoms. The van der Waals surface area contributed by atoms with Crippen molar-refractivity contribution in [3.63, 3.8) is 0 Å². The number of furan rings is 1. The lowest BCUT2D eigenvalue weighted by Gasteiger charge is -2.12. The summed E-state index contributed by atoms with van der Waals surface area (Å²) >= 11 is 3.36. The first kappa shape index (κ1) is 13.3. The molecule has 0 spiro atoms. The molecule has 1 aromatic carbocycles. The Kier molecular flexibility index (Phi) is 4.19. The van der Waals surface area contributed by atoms with Gasteiger partial charge in [0.15, 0.2) is 0 Å². The number of aryl methyl sites for hydroxylation is 1. The summed E-state index contributed by atoms with van der Waals surface area (Å²) in [4.78, 5) is 0. The van der Waals surface area contributed by atoms with Gasteiger partial charge in [0.2, 0.25) is 0 Å². The Hall–Kier alpha value is -1.13. The average molecular weight is 313 g/mol. The Balaban J connectivity index is 2.21. The molecule has 1 atom stereocenters. The van der Waals surface area contributed by atoms with Crippen LogP contribution in [0.1, 0.15) is 29.9 Å². The van der Waals surface area contributed by atoms with E-state index in [9.17, 15) is 9.50 Å². The van der Waals surface area contributed by atoms with Crippen molar-refractivity contribution >= 4 is 15.9 Å². The van der Waals surface area contributed by atoms with Gasteiger partial charge >= 0.3 is 0 Å². The number of hydrogen-bond donors (Lipinski definition) is 1. The predicted octanol–water partition coefficient (Wildman–Crippen LogP) is 4.02. The quantitative estimate of drug-likeness (QED) is 0.925. The molecule has 2 rings (SSSR count). The van der Waals surface area contributed by atoms with Crippen LogP contribution in [0.5, 0.6) is 0 Å². The summed E-state index contributed by atoms with van der Waals surface area (Å²) in [5.41, 5.74) is 1.51. The molecule has 18 heavy (non-hydrogen) atoms. The van der Waals surface area contributed by atoms with Crippen molar-refractivity contribution in [1.82, 2.24) is 0 Å². The van der Waals surface area contributed by atoms with Gasteiger partial charge in [-0.1, -0.05) is 22.9 Å². The molecule has 1 N–H and O–H groups in total. The summed E-state index contributed by atoms with van der Waals surface area (Å²) in [5, 5.41) is 10.2. The zero-order valence-electron chi connectivity index (χ0n) is 9.99. The Bertz CT molecular complexity index is 536. The average Bonchev–Trinajstić information content (AvgIpc) is 2.82. The van der Waals surface area contributed by atoms with Crippen LogP contribution in [0.2, 0.25) is 0 Å². The molecule has 1 aromatic heterocycles. The SMILES string of the molecule is CCc1occc1C(O)Cc1cc(F)ccc1Br. The summed E-state index contributed by atoms with van der Waals surface area (Å²) in [6.07, 6.45) is 1.96. The highest BCUT2D eigenvalue weighted by atomic mass is 79.9. The molecule has 2 aromatic rings. The number of aliphatic hydroxyl groups excluding tert-OH is 1. The van der Waals surface area contributed by atoms with Gasteiger partial charge in [-0.2, -0.15) is 0 Å². The van der Waals surface area contributed by atoms with Gasteiger partial charge in [0.05, 0.1) is 12.4 Å². The second-order valence-electron chi connectivity index (χ2n) is 4.11. The molecule has 96 valence electrons. The Labute approximate surface area is 114 Å². The van der Waals surface area contributed by atoms with E-state index >= 15 is 0 Å². The van der Waals surface area contributed by atoms with Crippen LogP contribution in [0, 0.1) is 5.82 Å². The molecule has 4 heteroatoms. The van der Waals surface area contributed by atoms with Gasteiger partial charge in [-0.15, -0.1) is 0 Å². The Morgan fingerprint density at radius 3 is 2.89 bits per heavy atom. The summed E-state index contributed by atoms with van der Waals surface area (Å²) < 4.78 is 19.2. The standard InChI is InChI=1S/C14H14BrFO2/c1-2-14-11(5-6-18-14)13(17)8-9-7-10(16)3-4-12(9)15/h3-7,13,17H,2,8H2,1H3. The van der Waals surface area contributed by atoms with Gasteiger partial charge in [-0.3, -0.25) is 0 Å². The molecule has 0 amide bonds. The molecule has 0 aliphatic heterocycles. The second kappa shape index (κ2) is 5.67. The molecule has 0 aliphatic carbocycles. The van der Waals surface area contributed by atoms with Crippen LogP contribution in [0.3, 0.4) is 0 Å². The predicted molar refractivity (Wildman–Crippen MR) is 70.8 cm³/mol. The summed E-state index contributed by atoms with van der Waals surface area (Å²) in [6, 6.07) is 6.22. The molecule has 0 fully saturated rings. The number of halogens is 2. The van der Waals surface area contributed by atoms with Gasteiger partial charge in [0, 0.05) is 22.9 Å². The lowest BCUT2D eigenvalue weighted by molar-refractivity contribution is 0.175. The van der Waals surface area contributed by atoms with Crippen molar-refractivity contribution in [2.45, 2.75) is 25.9 Å². The first-order chi connectivity index (χ1) is 8.61. The van der Waals surface area contributed by atoms with Crippen molar-refractivity contribution in [1.29, 1.82) is 0 Å². The fourth-order valence-corrected chi connectivity index (χ4v) is 2.36. The minimum atomic E-state index is -0.684. The Morgan fingerprint density at radius 1 is 1.39 bits per heavy atom. The maximum Gasteiger partial charge on any atom is 0.123 e. The van der Waals surface area contributed by atoms with Crippen LogP contribution < -0.4 is 0 Å². The van der Waals surface area contributed by atoms with E-state index < -0.39 is 6.10 Å². The highest BCUT2D eigenvalue weighted by molar-refractivity contribution is 9.10. The monoisotopic (exact) mass is 312 g/mol. The molecule has 0 saturated heterocycles. The third-order valence-electron chi connectivity index (χ3n) is 2.88. The Morgan fingerprint density at radius 2 is 2.17 bits per heavy atom. The summed E-state index contributed by atoms with van der Waals surface area (Å²) in [6.45, 7) is 1.97. The lowest BCUT2D eigenvalue weighted by Crippen LogP contribution is -2.04. The van der Waals surface area contributed by atoms with E-state index in [0.29, 0.717) is 6.42 Å². The first-order valence-corrected chi connectivity index (χ1v) is 6.59. The molecule has 0 radical (unpaired) electrons. The van der Waals surface area contributed by atoms with E-state index in [0.717, 1.165) is 27.8 Å². The van der Waals surface area contributed by atoms with E-state index in [1.54, 1.807) is 18.4 Å². The summed E-state index contributed by atoms with van der Waals surface area (Å²) in [5.74, 6) is 0.471. The zero-order valence-corrected chi connectivity index (χ0v) is 11.6. The first-order valence-electron chi connectivity index (χ1n) is 5.80. The van der Waals surface area contributed by atoms with Crippen molar-refractivity contribution < 1.29 is 13.9 Å². The number of hydrogen-bond acceptors (Lipinski definition) is 2. The maximum atomic E-state index is 13.2. The molecular weight excluding hydrogens is 299 g/mol. The summed E-state index contributed by atoms with van der Waals surface area (Å²) in [7, 11) is 0. The smallest absolute Gasteiger partial charge is 0.123 e. The largest absolute Gasteiger partial charge is 0.469 e. The van der Waals surface area contributed by atoms with Crippen LogP contribution in [-0.2, 0) is 12.8 Å². The second-order valence-corrected chi connectivity index (χ2v) is 4.96. The van der Waals surface area contributed by atoms with Gasteiger partial charge in [-0.05, 0) is 29.8 Å². The van der Waals surface area contributed by atoms with Gasteiger partial charge < -0.3 is 9.52 Å². The van der Waals surface area contributed by atoms with Crippen LogP contribution in [0.4, 0.5) is 4.39 Å². The highest BCUT2D eigenvalue weighted by Crippen LogP contribution is 2.27. The maximum absolute atomic E-state index is 13.2. The van der Waals surface area contributed by atoms with E-state index in [4.69, 9.17) is 4.42 Å². The van der Waals surface area contributed by atoms with Gasteiger partial charge in [0.25, 0.3) is 0 Å². The zero-order chi connectivity index (χ0) is 13.1. The molecule has 2 nitrogen and oxygen atoms in total. The lowest BCUT2D eigenvalue weighted by atomic mass is 10.0. The third kappa shape index (κ3) is 2.82. The van der Waals surface area contributed by atoms with Gasteiger partial charge in [-0.25, -0.2) is 4.39 Å². The van der Waals surface area contributed by atoms with Crippen molar-refractivity contribution in [3.05, 3.63) is 57.7 Å². The molecule has 1 unspecified atom stereocenters. The number of aliphatic hydroxyl groups is 1. The minimum absolute atomic E-state index is 0.302. The molecule has 1 heterocycles.